The predicted molar refractivity (Wildman–Crippen MR) is 109 cm³/mol. The van der Waals surface area contributed by atoms with E-state index < -0.39 is 71.3 Å². The van der Waals surface area contributed by atoms with E-state index in [1.807, 2.05) is 6.92 Å². The topological polar surface area (TPSA) is 132 Å². The first-order valence-corrected chi connectivity index (χ1v) is 11.0. The van der Waals surface area contributed by atoms with Crippen LogP contribution in [0.15, 0.2) is 23.8 Å². The third-order valence-electron chi connectivity index (χ3n) is 7.29. The standard InChI is InChI=1S/C22H27ClO9/c1-9(5-6-24)19(26)30-12-7-22(28,8-23)15-14(16-13(12)10(2)20(27)31-16)21(4)18(32-21)17(15)29-11(3)25/h5,12-18,24,28H,2,6-8H2,1,3-4H3. The van der Waals surface area contributed by atoms with E-state index in [1.165, 1.54) is 19.9 Å². The zero-order valence-electron chi connectivity index (χ0n) is 18.1. The van der Waals surface area contributed by atoms with Gasteiger partial charge >= 0.3 is 17.9 Å². The third-order valence-corrected chi connectivity index (χ3v) is 7.76. The zero-order valence-corrected chi connectivity index (χ0v) is 18.8. The number of hydrogen-bond donors (Lipinski definition) is 2. The average molecular weight is 471 g/mol. The first-order valence-electron chi connectivity index (χ1n) is 10.5. The summed E-state index contributed by atoms with van der Waals surface area (Å²) in [5, 5.41) is 20.8. The Kier molecular flexibility index (Phi) is 5.68. The van der Waals surface area contributed by atoms with Crippen LogP contribution in [0.1, 0.15) is 27.2 Å². The van der Waals surface area contributed by atoms with Crippen LogP contribution in [0.2, 0.25) is 0 Å². The molecule has 4 rings (SSSR count). The number of rotatable bonds is 5. The summed E-state index contributed by atoms with van der Waals surface area (Å²) in [6, 6.07) is 0. The maximum absolute atomic E-state index is 12.6. The second kappa shape index (κ2) is 7.83. The van der Waals surface area contributed by atoms with Crippen molar-refractivity contribution in [1.82, 2.24) is 0 Å². The normalized spacial score (nSPS) is 44.7. The van der Waals surface area contributed by atoms with Gasteiger partial charge in [-0.3, -0.25) is 4.79 Å². The molecule has 2 saturated carbocycles. The van der Waals surface area contributed by atoms with Crippen LogP contribution in [0.5, 0.6) is 0 Å². The Morgan fingerprint density at radius 3 is 2.59 bits per heavy atom. The number of aliphatic hydroxyl groups excluding tert-OH is 1. The molecular formula is C22H27ClO9. The number of carbonyl (C=O) groups is 3. The van der Waals surface area contributed by atoms with Gasteiger partial charge in [0.1, 0.15) is 30.0 Å². The molecule has 0 aromatic heterocycles. The molecule has 9 nitrogen and oxygen atoms in total. The van der Waals surface area contributed by atoms with Crippen molar-refractivity contribution in [3.05, 3.63) is 23.8 Å². The third kappa shape index (κ3) is 3.37. The molecular weight excluding hydrogens is 444 g/mol. The van der Waals surface area contributed by atoms with Gasteiger partial charge < -0.3 is 29.2 Å². The fourth-order valence-electron chi connectivity index (χ4n) is 5.81. The first-order chi connectivity index (χ1) is 15.0. The summed E-state index contributed by atoms with van der Waals surface area (Å²) in [5.41, 5.74) is -2.12. The second-order valence-corrected chi connectivity index (χ2v) is 9.49. The number of hydrogen-bond acceptors (Lipinski definition) is 9. The maximum Gasteiger partial charge on any atom is 0.334 e. The quantitative estimate of drug-likeness (QED) is 0.195. The number of ether oxygens (including phenoxy) is 4. The SMILES string of the molecule is C=C1C(=O)OC2C1C(OC(=O)C(C)=CCO)CC(O)(CCl)C1C(OC(C)=O)C3OC3(C)C21. The smallest absolute Gasteiger partial charge is 0.334 e. The van der Waals surface area contributed by atoms with E-state index in [9.17, 15) is 19.5 Å². The lowest BCUT2D eigenvalue weighted by Crippen LogP contribution is -2.52. The number of aliphatic hydroxyl groups is 2. The molecule has 0 bridgehead atoms. The summed E-state index contributed by atoms with van der Waals surface area (Å²) >= 11 is 6.26. The van der Waals surface area contributed by atoms with Gasteiger partial charge in [-0.15, -0.1) is 11.6 Å². The molecule has 4 aliphatic rings. The van der Waals surface area contributed by atoms with Gasteiger partial charge in [0.25, 0.3) is 0 Å². The van der Waals surface area contributed by atoms with Gasteiger partial charge in [-0.2, -0.15) is 0 Å². The van der Waals surface area contributed by atoms with E-state index in [2.05, 4.69) is 6.58 Å². The molecule has 0 aromatic rings. The zero-order chi connectivity index (χ0) is 23.6. The molecule has 4 fully saturated rings. The highest BCUT2D eigenvalue weighted by molar-refractivity contribution is 6.18. The number of halogens is 1. The summed E-state index contributed by atoms with van der Waals surface area (Å²) in [6.45, 7) is 8.09. The van der Waals surface area contributed by atoms with Crippen molar-refractivity contribution in [2.75, 3.05) is 12.5 Å². The Morgan fingerprint density at radius 1 is 1.31 bits per heavy atom. The highest BCUT2D eigenvalue weighted by Gasteiger charge is 2.80. The van der Waals surface area contributed by atoms with Crippen molar-refractivity contribution in [2.45, 2.75) is 62.8 Å². The van der Waals surface area contributed by atoms with Gasteiger partial charge in [-0.1, -0.05) is 6.58 Å². The van der Waals surface area contributed by atoms with Crippen LogP contribution in [0.25, 0.3) is 0 Å². The molecule has 176 valence electrons. The van der Waals surface area contributed by atoms with E-state index in [0.29, 0.717) is 0 Å². The Labute approximate surface area is 190 Å². The Bertz CT molecular complexity index is 900. The predicted octanol–water partition coefficient (Wildman–Crippen LogP) is 0.643. The van der Waals surface area contributed by atoms with Gasteiger partial charge in [0, 0.05) is 36.3 Å². The van der Waals surface area contributed by atoms with E-state index in [-0.39, 0.29) is 30.1 Å². The highest BCUT2D eigenvalue weighted by Crippen LogP contribution is 2.65. The van der Waals surface area contributed by atoms with Crippen LogP contribution >= 0.6 is 11.6 Å². The maximum atomic E-state index is 12.6. The Morgan fingerprint density at radius 2 is 2.00 bits per heavy atom. The number of carbonyl (C=O) groups excluding carboxylic acids is 3. The molecule has 2 aliphatic heterocycles. The lowest BCUT2D eigenvalue weighted by Gasteiger charge is -2.40. The van der Waals surface area contributed by atoms with E-state index in [0.717, 1.165) is 0 Å². The molecule has 2 aliphatic carbocycles. The van der Waals surface area contributed by atoms with Crippen molar-refractivity contribution < 1.29 is 43.5 Å². The minimum Gasteiger partial charge on any atom is -0.459 e. The number of fused-ring (bicyclic) bond motifs is 5. The fourth-order valence-corrected chi connectivity index (χ4v) is 6.10. The molecule has 2 N–H and O–H groups in total. The number of epoxide rings is 1. The van der Waals surface area contributed by atoms with Crippen LogP contribution in [-0.4, -0.2) is 76.2 Å². The first kappa shape index (κ1) is 23.2. The molecule has 9 unspecified atom stereocenters. The molecule has 2 saturated heterocycles. The molecule has 10 heteroatoms. The molecule has 0 amide bonds. The summed E-state index contributed by atoms with van der Waals surface area (Å²) < 4.78 is 22.8. The van der Waals surface area contributed by atoms with Gasteiger partial charge in [-0.05, 0) is 19.9 Å². The largest absolute Gasteiger partial charge is 0.459 e. The van der Waals surface area contributed by atoms with Gasteiger partial charge in [0.2, 0.25) is 0 Å². The lowest BCUT2D eigenvalue weighted by atomic mass is 9.74. The molecule has 2 heterocycles. The lowest BCUT2D eigenvalue weighted by molar-refractivity contribution is -0.169. The summed E-state index contributed by atoms with van der Waals surface area (Å²) in [5.74, 6) is -4.10. The van der Waals surface area contributed by atoms with Gasteiger partial charge in [0.05, 0.1) is 24.0 Å². The van der Waals surface area contributed by atoms with Crippen LogP contribution < -0.4 is 0 Å². The van der Waals surface area contributed by atoms with Crippen LogP contribution in [0.3, 0.4) is 0 Å². The van der Waals surface area contributed by atoms with Crippen molar-refractivity contribution in [3.63, 3.8) is 0 Å². The van der Waals surface area contributed by atoms with E-state index in [4.69, 9.17) is 35.7 Å². The van der Waals surface area contributed by atoms with E-state index in [1.54, 1.807) is 0 Å². The van der Waals surface area contributed by atoms with Crippen LogP contribution in [0, 0.1) is 17.8 Å². The monoisotopic (exact) mass is 470 g/mol. The number of alkyl halides is 1. The summed E-state index contributed by atoms with van der Waals surface area (Å²) in [7, 11) is 0. The molecule has 0 aromatic carbocycles. The van der Waals surface area contributed by atoms with Crippen molar-refractivity contribution >= 4 is 29.5 Å². The van der Waals surface area contributed by atoms with Crippen molar-refractivity contribution in [2.24, 2.45) is 17.8 Å². The van der Waals surface area contributed by atoms with Crippen LogP contribution in [0.4, 0.5) is 0 Å². The van der Waals surface area contributed by atoms with E-state index >= 15 is 0 Å². The Hall–Kier alpha value is -1.94. The molecule has 9 atom stereocenters. The molecule has 32 heavy (non-hydrogen) atoms. The highest BCUT2D eigenvalue weighted by atomic mass is 35.5. The summed E-state index contributed by atoms with van der Waals surface area (Å²) in [6.07, 6.45) is -1.89. The number of esters is 3. The average Bonchev–Trinajstić information content (AvgIpc) is 3.26. The Balaban J connectivity index is 1.78. The minimum absolute atomic E-state index is 0.118. The van der Waals surface area contributed by atoms with Crippen LogP contribution in [-0.2, 0) is 33.3 Å². The van der Waals surface area contributed by atoms with Gasteiger partial charge in [0.15, 0.2) is 0 Å². The van der Waals surface area contributed by atoms with Crippen molar-refractivity contribution in [1.29, 1.82) is 0 Å². The van der Waals surface area contributed by atoms with Crippen molar-refractivity contribution in [3.8, 4) is 0 Å². The second-order valence-electron chi connectivity index (χ2n) is 9.22. The fraction of sp³-hybridized carbons (Fsp3) is 0.682. The summed E-state index contributed by atoms with van der Waals surface area (Å²) in [4.78, 5) is 36.9. The minimum atomic E-state index is -1.61. The molecule has 0 radical (unpaired) electrons. The molecule has 0 spiro atoms. The van der Waals surface area contributed by atoms with Gasteiger partial charge in [-0.25, -0.2) is 9.59 Å².